The maximum atomic E-state index is 11.4. The number of carboxylic acid groups (broad SMARTS) is 1. The van der Waals surface area contributed by atoms with Crippen LogP contribution in [0.15, 0.2) is 12.7 Å². The number of hydrogen-bond donors (Lipinski definition) is 2. The first-order chi connectivity index (χ1) is 8.10. The molecule has 0 aromatic carbocycles. The highest BCUT2D eigenvalue weighted by atomic mass is 16.5. The number of alkyl carbamates (subject to hydrolysis) is 1. The van der Waals surface area contributed by atoms with Crippen LogP contribution in [-0.2, 0) is 9.53 Å². The number of rotatable bonds is 6. The van der Waals surface area contributed by atoms with E-state index in [1.54, 1.807) is 0 Å². The summed E-state index contributed by atoms with van der Waals surface area (Å²) in [5.41, 5.74) is -1.31. The van der Waals surface area contributed by atoms with Gasteiger partial charge in [0, 0.05) is 0 Å². The van der Waals surface area contributed by atoms with Crippen LogP contribution in [0.4, 0.5) is 4.79 Å². The molecule has 0 bridgehead atoms. The Labute approximate surface area is 108 Å². The third-order valence-corrected chi connectivity index (χ3v) is 2.56. The molecule has 104 valence electrons. The Kier molecular flexibility index (Phi) is 5.88. The average Bonchev–Trinajstić information content (AvgIpc) is 2.22. The monoisotopic (exact) mass is 257 g/mol. The van der Waals surface area contributed by atoms with E-state index in [2.05, 4.69) is 11.9 Å². The topological polar surface area (TPSA) is 75.6 Å². The molecule has 0 rings (SSSR count). The Balaban J connectivity index is 4.57. The van der Waals surface area contributed by atoms with Gasteiger partial charge in [0.05, 0.1) is 0 Å². The van der Waals surface area contributed by atoms with E-state index in [1.165, 1.54) is 13.0 Å². The molecule has 1 amide bonds. The Bertz CT molecular complexity index is 319. The summed E-state index contributed by atoms with van der Waals surface area (Å²) in [6.45, 7) is 11.0. The SMILES string of the molecule is C=CCOC(=O)NC(C)(CCC(C)(C)C)C(=O)O. The summed E-state index contributed by atoms with van der Waals surface area (Å²) in [5, 5.41) is 11.6. The van der Waals surface area contributed by atoms with Crippen molar-refractivity contribution < 1.29 is 19.4 Å². The maximum Gasteiger partial charge on any atom is 0.408 e. The van der Waals surface area contributed by atoms with Crippen molar-refractivity contribution in [3.05, 3.63) is 12.7 Å². The van der Waals surface area contributed by atoms with Crippen LogP contribution in [0, 0.1) is 5.41 Å². The summed E-state index contributed by atoms with van der Waals surface area (Å²) >= 11 is 0. The fraction of sp³-hybridized carbons (Fsp3) is 0.692. The molecule has 0 heterocycles. The standard InChI is InChI=1S/C13H23NO4/c1-6-9-18-11(17)14-13(5,10(15)16)8-7-12(2,3)4/h6H,1,7-9H2,2-5H3,(H,14,17)(H,15,16). The lowest BCUT2D eigenvalue weighted by atomic mass is 9.84. The first kappa shape index (κ1) is 16.5. The molecule has 0 saturated carbocycles. The summed E-state index contributed by atoms with van der Waals surface area (Å²) in [6, 6.07) is 0. The third-order valence-electron chi connectivity index (χ3n) is 2.56. The molecular weight excluding hydrogens is 234 g/mol. The fourth-order valence-electron chi connectivity index (χ4n) is 1.24. The lowest BCUT2D eigenvalue weighted by Crippen LogP contribution is -2.52. The molecule has 1 atom stereocenters. The number of carboxylic acids is 1. The smallest absolute Gasteiger partial charge is 0.408 e. The lowest BCUT2D eigenvalue weighted by molar-refractivity contribution is -0.144. The molecule has 2 N–H and O–H groups in total. The van der Waals surface area contributed by atoms with Gasteiger partial charge in [0.25, 0.3) is 0 Å². The predicted octanol–water partition coefficient (Wildman–Crippen LogP) is 2.57. The van der Waals surface area contributed by atoms with Gasteiger partial charge >= 0.3 is 12.1 Å². The van der Waals surface area contributed by atoms with E-state index >= 15 is 0 Å². The Morgan fingerprint density at radius 2 is 1.83 bits per heavy atom. The minimum absolute atomic E-state index is 0.00338. The Morgan fingerprint density at radius 3 is 2.22 bits per heavy atom. The van der Waals surface area contributed by atoms with Gasteiger partial charge in [-0.3, -0.25) is 0 Å². The van der Waals surface area contributed by atoms with E-state index in [0.717, 1.165) is 0 Å². The van der Waals surface area contributed by atoms with Crippen molar-refractivity contribution in [3.63, 3.8) is 0 Å². The number of carbonyl (C=O) groups is 2. The molecule has 0 fully saturated rings. The molecule has 5 heteroatoms. The van der Waals surface area contributed by atoms with Crippen LogP contribution in [0.1, 0.15) is 40.5 Å². The van der Waals surface area contributed by atoms with Crippen molar-refractivity contribution in [2.45, 2.75) is 46.1 Å². The van der Waals surface area contributed by atoms with Gasteiger partial charge in [0.15, 0.2) is 0 Å². The molecule has 5 nitrogen and oxygen atoms in total. The zero-order valence-electron chi connectivity index (χ0n) is 11.6. The summed E-state index contributed by atoms with van der Waals surface area (Å²) in [4.78, 5) is 22.7. The van der Waals surface area contributed by atoms with E-state index in [4.69, 9.17) is 4.74 Å². The van der Waals surface area contributed by atoms with Crippen molar-refractivity contribution in [2.75, 3.05) is 6.61 Å². The van der Waals surface area contributed by atoms with E-state index in [-0.39, 0.29) is 12.0 Å². The average molecular weight is 257 g/mol. The molecule has 0 radical (unpaired) electrons. The summed E-state index contributed by atoms with van der Waals surface area (Å²) < 4.78 is 4.74. The number of carbonyl (C=O) groups excluding carboxylic acids is 1. The molecule has 0 spiro atoms. The quantitative estimate of drug-likeness (QED) is 0.717. The molecule has 0 aromatic heterocycles. The van der Waals surface area contributed by atoms with Gasteiger partial charge in [0.2, 0.25) is 0 Å². The highest BCUT2D eigenvalue weighted by Gasteiger charge is 2.36. The van der Waals surface area contributed by atoms with Crippen LogP contribution in [-0.4, -0.2) is 29.3 Å². The van der Waals surface area contributed by atoms with Crippen LogP contribution < -0.4 is 5.32 Å². The van der Waals surface area contributed by atoms with Crippen molar-refractivity contribution in [1.82, 2.24) is 5.32 Å². The summed E-state index contributed by atoms with van der Waals surface area (Å²) in [7, 11) is 0. The summed E-state index contributed by atoms with van der Waals surface area (Å²) in [6.07, 6.45) is 1.70. The maximum absolute atomic E-state index is 11.4. The zero-order chi connectivity index (χ0) is 14.4. The van der Waals surface area contributed by atoms with Crippen LogP contribution in [0.2, 0.25) is 0 Å². The van der Waals surface area contributed by atoms with E-state index < -0.39 is 17.6 Å². The first-order valence-corrected chi connectivity index (χ1v) is 5.90. The third kappa shape index (κ3) is 6.27. The van der Waals surface area contributed by atoms with Gasteiger partial charge in [-0.15, -0.1) is 0 Å². The number of aliphatic carboxylic acids is 1. The molecule has 0 aliphatic rings. The normalized spacial score (nSPS) is 14.4. The van der Waals surface area contributed by atoms with Crippen molar-refractivity contribution in [3.8, 4) is 0 Å². The van der Waals surface area contributed by atoms with E-state index in [1.807, 2.05) is 20.8 Å². The number of ether oxygens (including phenoxy) is 1. The Hall–Kier alpha value is -1.52. The number of nitrogens with one attached hydrogen (secondary N) is 1. The second-order valence-electron chi connectivity index (χ2n) is 5.71. The zero-order valence-corrected chi connectivity index (χ0v) is 11.6. The molecule has 0 aliphatic carbocycles. The van der Waals surface area contributed by atoms with E-state index in [0.29, 0.717) is 12.8 Å². The molecule has 0 aliphatic heterocycles. The van der Waals surface area contributed by atoms with Gasteiger partial charge < -0.3 is 15.2 Å². The van der Waals surface area contributed by atoms with Crippen LogP contribution >= 0.6 is 0 Å². The van der Waals surface area contributed by atoms with Crippen molar-refractivity contribution >= 4 is 12.1 Å². The van der Waals surface area contributed by atoms with Crippen LogP contribution in [0.25, 0.3) is 0 Å². The van der Waals surface area contributed by atoms with E-state index in [9.17, 15) is 14.7 Å². The Morgan fingerprint density at radius 1 is 1.28 bits per heavy atom. The van der Waals surface area contributed by atoms with Gasteiger partial charge in [-0.05, 0) is 25.2 Å². The first-order valence-electron chi connectivity index (χ1n) is 5.90. The predicted molar refractivity (Wildman–Crippen MR) is 69.4 cm³/mol. The van der Waals surface area contributed by atoms with Gasteiger partial charge in [0.1, 0.15) is 12.1 Å². The highest BCUT2D eigenvalue weighted by molar-refractivity contribution is 5.83. The van der Waals surface area contributed by atoms with Gasteiger partial charge in [-0.1, -0.05) is 33.4 Å². The summed E-state index contributed by atoms with van der Waals surface area (Å²) in [5.74, 6) is -1.07. The number of hydrogen-bond acceptors (Lipinski definition) is 3. The van der Waals surface area contributed by atoms with Gasteiger partial charge in [-0.2, -0.15) is 0 Å². The second kappa shape index (κ2) is 6.42. The van der Waals surface area contributed by atoms with Crippen molar-refractivity contribution in [1.29, 1.82) is 0 Å². The van der Waals surface area contributed by atoms with Crippen molar-refractivity contribution in [2.24, 2.45) is 5.41 Å². The fourth-order valence-corrected chi connectivity index (χ4v) is 1.24. The minimum atomic E-state index is -1.31. The largest absolute Gasteiger partial charge is 0.480 e. The molecular formula is C13H23NO4. The van der Waals surface area contributed by atoms with Crippen LogP contribution in [0.5, 0.6) is 0 Å². The van der Waals surface area contributed by atoms with Crippen LogP contribution in [0.3, 0.4) is 0 Å². The molecule has 0 aromatic rings. The minimum Gasteiger partial charge on any atom is -0.480 e. The molecule has 18 heavy (non-hydrogen) atoms. The lowest BCUT2D eigenvalue weighted by Gasteiger charge is -2.29. The second-order valence-corrected chi connectivity index (χ2v) is 5.71. The molecule has 1 unspecified atom stereocenters. The molecule has 0 saturated heterocycles. The highest BCUT2D eigenvalue weighted by Crippen LogP contribution is 2.25. The number of amides is 1. The van der Waals surface area contributed by atoms with Gasteiger partial charge in [-0.25, -0.2) is 9.59 Å².